The van der Waals surface area contributed by atoms with Gasteiger partial charge < -0.3 is 9.47 Å². The molecule has 41 heavy (non-hydrogen) atoms. The van der Waals surface area contributed by atoms with Gasteiger partial charge in [-0.05, 0) is 58.5 Å². The molecular weight excluding hydrogens is 556 g/mol. The lowest BCUT2D eigenvalue weighted by Gasteiger charge is -2.20. The summed E-state index contributed by atoms with van der Waals surface area (Å²) in [4.78, 5) is 0. The van der Waals surface area contributed by atoms with Crippen LogP contribution in [-0.4, -0.2) is 6.11 Å². The van der Waals surface area contributed by atoms with Gasteiger partial charge in [0.05, 0.1) is 11.6 Å². The SMILES string of the molecule is CCCc1ccc(-c2ccc(-c3ccc(C(F)(F)Oc4ccc(OC(F)(F)C=C(F)F)c(F)c4)c(F)c3)cc2)cc1. The molecule has 10 heteroatoms. The van der Waals surface area contributed by atoms with Gasteiger partial charge in [-0.25, -0.2) is 8.78 Å². The van der Waals surface area contributed by atoms with E-state index in [-0.39, 0.29) is 6.07 Å². The van der Waals surface area contributed by atoms with E-state index in [4.69, 9.17) is 0 Å². The highest BCUT2D eigenvalue weighted by atomic mass is 19.3. The summed E-state index contributed by atoms with van der Waals surface area (Å²) in [5.41, 5.74) is 2.88. The highest BCUT2D eigenvalue weighted by molar-refractivity contribution is 5.70. The van der Waals surface area contributed by atoms with Crippen LogP contribution in [0.15, 0.2) is 97.1 Å². The highest BCUT2D eigenvalue weighted by Gasteiger charge is 2.38. The molecule has 0 heterocycles. The van der Waals surface area contributed by atoms with E-state index >= 15 is 0 Å². The fourth-order valence-electron chi connectivity index (χ4n) is 4.07. The molecule has 0 aromatic heterocycles. The van der Waals surface area contributed by atoms with Crippen molar-refractivity contribution in [3.05, 3.63) is 120 Å². The molecule has 0 spiro atoms. The molecule has 0 aliphatic rings. The minimum absolute atomic E-state index is 0.278. The maximum atomic E-state index is 14.8. The smallest absolute Gasteiger partial charge is 0.429 e. The molecule has 4 aromatic rings. The molecule has 214 valence electrons. The van der Waals surface area contributed by atoms with Gasteiger partial charge >= 0.3 is 12.2 Å². The van der Waals surface area contributed by atoms with E-state index in [0.717, 1.165) is 36.1 Å². The number of hydrogen-bond donors (Lipinski definition) is 0. The molecule has 0 amide bonds. The van der Waals surface area contributed by atoms with Crippen molar-refractivity contribution >= 4 is 0 Å². The van der Waals surface area contributed by atoms with Crippen LogP contribution in [0.1, 0.15) is 24.5 Å². The van der Waals surface area contributed by atoms with Crippen molar-refractivity contribution in [3.63, 3.8) is 0 Å². The summed E-state index contributed by atoms with van der Waals surface area (Å²) in [6.45, 7) is 2.10. The van der Waals surface area contributed by atoms with Crippen molar-refractivity contribution in [1.29, 1.82) is 0 Å². The molecule has 0 bridgehead atoms. The number of hydrogen-bond acceptors (Lipinski definition) is 2. The van der Waals surface area contributed by atoms with Crippen LogP contribution in [-0.2, 0) is 12.5 Å². The number of rotatable bonds is 10. The lowest BCUT2D eigenvalue weighted by atomic mass is 9.98. The molecule has 0 atom stereocenters. The van der Waals surface area contributed by atoms with Crippen molar-refractivity contribution in [2.75, 3.05) is 0 Å². The lowest BCUT2D eigenvalue weighted by molar-refractivity contribution is -0.187. The molecule has 0 radical (unpaired) electrons. The van der Waals surface area contributed by atoms with E-state index in [1.807, 2.05) is 36.4 Å². The Balaban J connectivity index is 1.48. The Kier molecular flexibility index (Phi) is 8.70. The van der Waals surface area contributed by atoms with Gasteiger partial charge in [-0.1, -0.05) is 67.9 Å². The van der Waals surface area contributed by atoms with Crippen LogP contribution in [0.4, 0.5) is 35.1 Å². The fraction of sp³-hybridized carbons (Fsp3) is 0.161. The van der Waals surface area contributed by atoms with Gasteiger partial charge in [-0.2, -0.15) is 26.3 Å². The molecule has 4 rings (SSSR count). The molecular formula is C31H22F8O2. The van der Waals surface area contributed by atoms with Crippen LogP contribution in [0.5, 0.6) is 11.5 Å². The summed E-state index contributed by atoms with van der Waals surface area (Å²) in [5, 5.41) is 0. The second kappa shape index (κ2) is 12.0. The van der Waals surface area contributed by atoms with Crippen molar-refractivity contribution < 1.29 is 44.6 Å². The third-order valence-corrected chi connectivity index (χ3v) is 6.00. The Hall–Kier alpha value is -4.34. The second-order valence-corrected chi connectivity index (χ2v) is 9.03. The van der Waals surface area contributed by atoms with Gasteiger partial charge in [-0.3, -0.25) is 0 Å². The maximum absolute atomic E-state index is 14.8. The quantitative estimate of drug-likeness (QED) is 0.174. The van der Waals surface area contributed by atoms with Crippen LogP contribution < -0.4 is 9.47 Å². The number of benzene rings is 4. The topological polar surface area (TPSA) is 18.5 Å². The predicted molar refractivity (Wildman–Crippen MR) is 138 cm³/mol. The van der Waals surface area contributed by atoms with Crippen LogP contribution in [0.3, 0.4) is 0 Å². The number of halogens is 8. The van der Waals surface area contributed by atoms with Crippen LogP contribution >= 0.6 is 0 Å². The minimum atomic E-state index is -4.56. The summed E-state index contributed by atoms with van der Waals surface area (Å²) in [7, 11) is 0. The molecule has 0 aliphatic heterocycles. The van der Waals surface area contributed by atoms with E-state index in [1.165, 1.54) is 11.6 Å². The summed E-state index contributed by atoms with van der Waals surface area (Å²) in [5.74, 6) is -4.94. The Morgan fingerprint density at radius 3 is 1.78 bits per heavy atom. The average Bonchev–Trinajstić information content (AvgIpc) is 2.90. The zero-order chi connectivity index (χ0) is 29.8. The van der Waals surface area contributed by atoms with Gasteiger partial charge in [-0.15, -0.1) is 0 Å². The summed E-state index contributed by atoms with van der Waals surface area (Å²) >= 11 is 0. The zero-order valence-corrected chi connectivity index (χ0v) is 21.4. The van der Waals surface area contributed by atoms with Crippen molar-refractivity contribution in [2.24, 2.45) is 0 Å². The third-order valence-electron chi connectivity index (χ3n) is 6.00. The van der Waals surface area contributed by atoms with Crippen molar-refractivity contribution in [1.82, 2.24) is 0 Å². The molecule has 0 unspecified atom stereocenters. The van der Waals surface area contributed by atoms with Crippen molar-refractivity contribution in [3.8, 4) is 33.8 Å². The largest absolute Gasteiger partial charge is 0.429 e. The molecule has 0 N–H and O–H groups in total. The lowest BCUT2D eigenvalue weighted by Crippen LogP contribution is -2.24. The Morgan fingerprint density at radius 1 is 0.683 bits per heavy atom. The predicted octanol–water partition coefficient (Wildman–Crippen LogP) is 10.1. The van der Waals surface area contributed by atoms with Gasteiger partial charge in [0.15, 0.2) is 11.6 Å². The minimum Gasteiger partial charge on any atom is -0.429 e. The van der Waals surface area contributed by atoms with E-state index < -0.39 is 53.1 Å². The zero-order valence-electron chi connectivity index (χ0n) is 21.4. The molecule has 0 saturated heterocycles. The monoisotopic (exact) mass is 578 g/mol. The van der Waals surface area contributed by atoms with Gasteiger partial charge in [0, 0.05) is 6.07 Å². The molecule has 4 aromatic carbocycles. The molecule has 0 fully saturated rings. The normalized spacial score (nSPS) is 11.7. The first kappa shape index (κ1) is 29.6. The first-order chi connectivity index (χ1) is 19.4. The van der Waals surface area contributed by atoms with E-state index in [1.54, 1.807) is 12.1 Å². The van der Waals surface area contributed by atoms with Crippen LogP contribution in [0.25, 0.3) is 22.3 Å². The highest BCUT2D eigenvalue weighted by Crippen LogP contribution is 2.37. The Bertz CT molecular complexity index is 1530. The van der Waals surface area contributed by atoms with E-state index in [2.05, 4.69) is 16.4 Å². The van der Waals surface area contributed by atoms with Gasteiger partial charge in [0.2, 0.25) is 0 Å². The summed E-state index contributed by atoms with van der Waals surface area (Å²) < 4.78 is 118. The molecule has 2 nitrogen and oxygen atoms in total. The number of ether oxygens (including phenoxy) is 2. The Morgan fingerprint density at radius 2 is 1.24 bits per heavy atom. The first-order valence-corrected chi connectivity index (χ1v) is 12.3. The Labute approximate surface area is 230 Å². The summed E-state index contributed by atoms with van der Waals surface area (Å²) in [6, 6.07) is 19.6. The van der Waals surface area contributed by atoms with Crippen molar-refractivity contribution in [2.45, 2.75) is 32.0 Å². The first-order valence-electron chi connectivity index (χ1n) is 12.3. The standard InChI is InChI=1S/C31H22F8O2/c1-2-3-19-4-6-20(7-5-19)21-8-10-22(11-9-21)23-12-14-25(26(32)16-23)31(38,39)40-24-13-15-28(27(33)17-24)41-30(36,37)18-29(34)35/h4-18H,2-3H2,1H3. The van der Waals surface area contributed by atoms with Crippen LogP contribution in [0.2, 0.25) is 0 Å². The second-order valence-electron chi connectivity index (χ2n) is 9.03. The molecule has 0 saturated carbocycles. The number of alkyl halides is 4. The van der Waals surface area contributed by atoms with E-state index in [9.17, 15) is 35.1 Å². The third kappa shape index (κ3) is 7.45. The summed E-state index contributed by atoms with van der Waals surface area (Å²) in [6.07, 6.45) is -10.4. The van der Waals surface area contributed by atoms with Crippen LogP contribution in [0, 0.1) is 11.6 Å². The molecule has 0 aliphatic carbocycles. The maximum Gasteiger partial charge on any atom is 0.429 e. The number of aryl methyl sites for hydroxylation is 1. The van der Waals surface area contributed by atoms with Gasteiger partial charge in [0.25, 0.3) is 6.08 Å². The fourth-order valence-corrected chi connectivity index (χ4v) is 4.07. The van der Waals surface area contributed by atoms with E-state index in [0.29, 0.717) is 23.3 Å². The van der Waals surface area contributed by atoms with Gasteiger partial charge in [0.1, 0.15) is 11.6 Å². The average molecular weight is 578 g/mol.